The van der Waals surface area contributed by atoms with E-state index in [1.54, 1.807) is 19.1 Å². The van der Waals surface area contributed by atoms with Gasteiger partial charge in [-0.15, -0.1) is 0 Å². The second kappa shape index (κ2) is 7.40. The van der Waals surface area contributed by atoms with Crippen molar-refractivity contribution in [2.24, 2.45) is 5.73 Å². The SMILES string of the molecule is CCOC(=O)C(N)Cc1cc(Br)ccc1OC(F)F. The maximum absolute atomic E-state index is 12.3. The van der Waals surface area contributed by atoms with Crippen molar-refractivity contribution in [3.05, 3.63) is 28.2 Å². The van der Waals surface area contributed by atoms with Crippen LogP contribution in [0.1, 0.15) is 12.5 Å². The summed E-state index contributed by atoms with van der Waals surface area (Å²) in [6.45, 7) is -1.06. The van der Waals surface area contributed by atoms with E-state index in [0.717, 1.165) is 0 Å². The van der Waals surface area contributed by atoms with E-state index in [9.17, 15) is 13.6 Å². The standard InChI is InChI=1S/C12H14BrF2NO3/c1-2-18-11(17)9(16)6-7-5-8(13)3-4-10(7)19-12(14)15/h3-5,9,12H,2,6,16H2,1H3. The van der Waals surface area contributed by atoms with Gasteiger partial charge in [0.05, 0.1) is 6.61 Å². The first-order valence-corrected chi connectivity index (χ1v) is 6.38. The van der Waals surface area contributed by atoms with Gasteiger partial charge in [0.25, 0.3) is 0 Å². The largest absolute Gasteiger partial charge is 0.465 e. The molecular formula is C12H14BrF2NO3. The van der Waals surface area contributed by atoms with Crippen LogP contribution >= 0.6 is 15.9 Å². The maximum Gasteiger partial charge on any atom is 0.387 e. The molecule has 0 amide bonds. The number of carbonyl (C=O) groups excluding carboxylic acids is 1. The third-order valence-electron chi connectivity index (χ3n) is 2.27. The lowest BCUT2D eigenvalue weighted by Gasteiger charge is -2.14. The molecule has 4 nitrogen and oxygen atoms in total. The molecule has 1 unspecified atom stereocenters. The molecule has 1 aromatic rings. The number of benzene rings is 1. The summed E-state index contributed by atoms with van der Waals surface area (Å²) in [6.07, 6.45) is 0.0559. The number of rotatable bonds is 6. The molecule has 0 bridgehead atoms. The zero-order valence-electron chi connectivity index (χ0n) is 10.2. The highest BCUT2D eigenvalue weighted by atomic mass is 79.9. The predicted octanol–water partition coefficient (Wildman–Crippen LogP) is 2.48. The highest BCUT2D eigenvalue weighted by molar-refractivity contribution is 9.10. The molecule has 106 valence electrons. The van der Waals surface area contributed by atoms with Crippen molar-refractivity contribution in [2.45, 2.75) is 26.0 Å². The van der Waals surface area contributed by atoms with Crippen LogP contribution in [0.15, 0.2) is 22.7 Å². The van der Waals surface area contributed by atoms with Gasteiger partial charge >= 0.3 is 12.6 Å². The van der Waals surface area contributed by atoms with Gasteiger partial charge in [-0.2, -0.15) is 8.78 Å². The zero-order chi connectivity index (χ0) is 14.4. The summed E-state index contributed by atoms with van der Waals surface area (Å²) >= 11 is 3.22. The molecule has 1 atom stereocenters. The van der Waals surface area contributed by atoms with Gasteiger partial charge in [0.1, 0.15) is 11.8 Å². The molecule has 0 fully saturated rings. The van der Waals surface area contributed by atoms with Crippen molar-refractivity contribution in [3.63, 3.8) is 0 Å². The fraction of sp³-hybridized carbons (Fsp3) is 0.417. The minimum atomic E-state index is -2.93. The number of carbonyl (C=O) groups is 1. The number of nitrogens with two attached hydrogens (primary N) is 1. The molecule has 19 heavy (non-hydrogen) atoms. The lowest BCUT2D eigenvalue weighted by Crippen LogP contribution is -2.34. The van der Waals surface area contributed by atoms with E-state index in [2.05, 4.69) is 20.7 Å². The highest BCUT2D eigenvalue weighted by Gasteiger charge is 2.19. The topological polar surface area (TPSA) is 61.5 Å². The molecule has 0 radical (unpaired) electrons. The van der Waals surface area contributed by atoms with E-state index in [1.807, 2.05) is 0 Å². The number of ether oxygens (including phenoxy) is 2. The Morgan fingerprint density at radius 1 is 1.47 bits per heavy atom. The first kappa shape index (κ1) is 15.8. The van der Waals surface area contributed by atoms with Gasteiger partial charge in [0, 0.05) is 10.9 Å². The molecule has 0 aliphatic heterocycles. The summed E-state index contributed by atoms with van der Waals surface area (Å²) in [5, 5.41) is 0. The third kappa shape index (κ3) is 5.12. The van der Waals surface area contributed by atoms with Crippen LogP contribution in [0.5, 0.6) is 5.75 Å². The van der Waals surface area contributed by atoms with Crippen molar-refractivity contribution in [3.8, 4) is 5.75 Å². The van der Waals surface area contributed by atoms with Crippen molar-refractivity contribution < 1.29 is 23.0 Å². The molecule has 7 heteroatoms. The van der Waals surface area contributed by atoms with E-state index in [-0.39, 0.29) is 18.8 Å². The zero-order valence-corrected chi connectivity index (χ0v) is 11.8. The normalized spacial score (nSPS) is 12.3. The van der Waals surface area contributed by atoms with E-state index >= 15 is 0 Å². The summed E-state index contributed by atoms with van der Waals surface area (Å²) < 4.78 is 34.3. The van der Waals surface area contributed by atoms with Gasteiger partial charge in [0.2, 0.25) is 0 Å². The first-order valence-electron chi connectivity index (χ1n) is 5.59. The van der Waals surface area contributed by atoms with Crippen LogP contribution in [0.3, 0.4) is 0 Å². The highest BCUT2D eigenvalue weighted by Crippen LogP contribution is 2.25. The third-order valence-corrected chi connectivity index (χ3v) is 2.76. The van der Waals surface area contributed by atoms with Gasteiger partial charge in [-0.25, -0.2) is 0 Å². The van der Waals surface area contributed by atoms with Crippen molar-refractivity contribution in [2.75, 3.05) is 6.61 Å². The molecule has 0 aromatic heterocycles. The van der Waals surface area contributed by atoms with Gasteiger partial charge in [-0.1, -0.05) is 15.9 Å². The smallest absolute Gasteiger partial charge is 0.387 e. The molecule has 1 aromatic carbocycles. The van der Waals surface area contributed by atoms with Crippen molar-refractivity contribution in [1.82, 2.24) is 0 Å². The molecule has 0 aliphatic rings. The number of esters is 1. The Morgan fingerprint density at radius 2 is 2.16 bits per heavy atom. The monoisotopic (exact) mass is 337 g/mol. The second-order valence-electron chi connectivity index (χ2n) is 3.69. The molecule has 2 N–H and O–H groups in total. The molecule has 1 rings (SSSR count). The minimum Gasteiger partial charge on any atom is -0.465 e. The molecular weight excluding hydrogens is 324 g/mol. The lowest BCUT2D eigenvalue weighted by molar-refractivity contribution is -0.144. The fourth-order valence-electron chi connectivity index (χ4n) is 1.49. The van der Waals surface area contributed by atoms with Gasteiger partial charge in [-0.05, 0) is 30.7 Å². The van der Waals surface area contributed by atoms with Crippen LogP contribution in [0.2, 0.25) is 0 Å². The summed E-state index contributed by atoms with van der Waals surface area (Å²) in [5.41, 5.74) is 6.06. The maximum atomic E-state index is 12.3. The quantitative estimate of drug-likeness (QED) is 0.810. The predicted molar refractivity (Wildman–Crippen MR) is 69.1 cm³/mol. The number of hydrogen-bond donors (Lipinski definition) is 1. The lowest BCUT2D eigenvalue weighted by atomic mass is 10.1. The first-order chi connectivity index (χ1) is 8.93. The van der Waals surface area contributed by atoms with E-state index in [1.165, 1.54) is 6.07 Å². The second-order valence-corrected chi connectivity index (χ2v) is 4.61. The molecule has 0 saturated heterocycles. The van der Waals surface area contributed by atoms with Crippen LogP contribution in [0.4, 0.5) is 8.78 Å². The van der Waals surface area contributed by atoms with E-state index in [0.29, 0.717) is 10.0 Å². The Hall–Kier alpha value is -1.21. The number of alkyl halides is 2. The Morgan fingerprint density at radius 3 is 2.74 bits per heavy atom. The summed E-state index contributed by atoms with van der Waals surface area (Å²) in [5.74, 6) is -0.580. The molecule has 0 heterocycles. The number of hydrogen-bond acceptors (Lipinski definition) is 4. The van der Waals surface area contributed by atoms with Crippen LogP contribution in [-0.2, 0) is 16.0 Å². The minimum absolute atomic E-state index is 0.00190. The summed E-state index contributed by atoms with van der Waals surface area (Å²) in [4.78, 5) is 11.4. The molecule has 0 aliphatic carbocycles. The van der Waals surface area contributed by atoms with Crippen LogP contribution in [-0.4, -0.2) is 25.2 Å². The fourth-order valence-corrected chi connectivity index (χ4v) is 1.90. The average molecular weight is 338 g/mol. The Labute approximate surface area is 118 Å². The Bertz CT molecular complexity index is 443. The van der Waals surface area contributed by atoms with Crippen molar-refractivity contribution in [1.29, 1.82) is 0 Å². The molecule has 0 saturated carbocycles. The van der Waals surface area contributed by atoms with Crippen LogP contribution < -0.4 is 10.5 Å². The van der Waals surface area contributed by atoms with Crippen LogP contribution in [0.25, 0.3) is 0 Å². The van der Waals surface area contributed by atoms with Crippen molar-refractivity contribution >= 4 is 21.9 Å². The van der Waals surface area contributed by atoms with Crippen LogP contribution in [0, 0.1) is 0 Å². The van der Waals surface area contributed by atoms with Gasteiger partial charge < -0.3 is 15.2 Å². The Kier molecular flexibility index (Phi) is 6.17. The van der Waals surface area contributed by atoms with E-state index in [4.69, 9.17) is 10.5 Å². The number of halogens is 3. The van der Waals surface area contributed by atoms with Gasteiger partial charge in [-0.3, -0.25) is 4.79 Å². The van der Waals surface area contributed by atoms with Gasteiger partial charge in [0.15, 0.2) is 0 Å². The molecule has 0 spiro atoms. The summed E-state index contributed by atoms with van der Waals surface area (Å²) in [7, 11) is 0. The van der Waals surface area contributed by atoms with E-state index < -0.39 is 18.6 Å². The Balaban J connectivity index is 2.85. The average Bonchev–Trinajstić information content (AvgIpc) is 2.32. The summed E-state index contributed by atoms with van der Waals surface area (Å²) in [6, 6.07) is 3.62.